The molecule has 1 N–H and O–H groups in total. The summed E-state index contributed by atoms with van der Waals surface area (Å²) < 4.78 is 32.9. The lowest BCUT2D eigenvalue weighted by molar-refractivity contribution is 0.102. The summed E-state index contributed by atoms with van der Waals surface area (Å²) >= 11 is 0. The van der Waals surface area contributed by atoms with Gasteiger partial charge in [0.2, 0.25) is 15.9 Å². The summed E-state index contributed by atoms with van der Waals surface area (Å²) in [5.41, 5.74) is 0.335. The molecule has 8 nitrogen and oxygen atoms in total. The van der Waals surface area contributed by atoms with E-state index in [1.54, 1.807) is 4.31 Å². The van der Waals surface area contributed by atoms with E-state index < -0.39 is 15.9 Å². The number of aromatic nitrogens is 2. The molecule has 1 aromatic heterocycles. The number of anilines is 1. The molecule has 2 aromatic rings. The van der Waals surface area contributed by atoms with Gasteiger partial charge in [0.05, 0.1) is 4.90 Å². The summed E-state index contributed by atoms with van der Waals surface area (Å²) in [7, 11) is -3.54. The number of nitrogens with one attached hydrogen (secondary N) is 1. The van der Waals surface area contributed by atoms with Crippen molar-refractivity contribution >= 4 is 21.9 Å². The first-order valence-electron chi connectivity index (χ1n) is 10.8. The fourth-order valence-corrected chi connectivity index (χ4v) is 5.70. The molecule has 0 atom stereocenters. The van der Waals surface area contributed by atoms with Gasteiger partial charge in [0.25, 0.3) is 5.91 Å². The molecule has 1 aromatic carbocycles. The monoisotopic (exact) mass is 432 g/mol. The maximum Gasteiger partial charge on any atom is 0.322 e. The van der Waals surface area contributed by atoms with Crippen molar-refractivity contribution in [1.82, 2.24) is 14.5 Å². The van der Waals surface area contributed by atoms with Crippen LogP contribution < -0.4 is 5.32 Å². The molecule has 0 spiro atoms. The van der Waals surface area contributed by atoms with E-state index >= 15 is 0 Å². The predicted octanol–water partition coefficient (Wildman–Crippen LogP) is 3.93. The summed E-state index contributed by atoms with van der Waals surface area (Å²) in [6.45, 7) is 1.09. The van der Waals surface area contributed by atoms with Crippen molar-refractivity contribution < 1.29 is 17.6 Å². The van der Waals surface area contributed by atoms with Crippen LogP contribution in [0.25, 0.3) is 0 Å². The fraction of sp³-hybridized carbons (Fsp3) is 0.571. The Hall–Kier alpha value is -2.26. The standard InChI is InChI=1S/C21H28N4O4S/c26-19(22-21-24-23-20(29-21)17-8-4-3-5-9-17)16-10-12-18(13-11-16)30(27,28)25-14-6-1-2-7-15-25/h10-13,17H,1-9,14-15H2,(H,22,24,26). The minimum atomic E-state index is -3.54. The highest BCUT2D eigenvalue weighted by atomic mass is 32.2. The molecule has 1 amide bonds. The van der Waals surface area contributed by atoms with Crippen molar-refractivity contribution in [3.8, 4) is 0 Å². The Balaban J connectivity index is 1.41. The fourth-order valence-electron chi connectivity index (χ4n) is 4.18. The van der Waals surface area contributed by atoms with Crippen molar-refractivity contribution in [3.05, 3.63) is 35.7 Å². The van der Waals surface area contributed by atoms with Crippen molar-refractivity contribution in [2.24, 2.45) is 0 Å². The second kappa shape index (κ2) is 9.26. The normalized spacial score (nSPS) is 19.3. The van der Waals surface area contributed by atoms with Crippen LogP contribution in [0.15, 0.2) is 33.6 Å². The van der Waals surface area contributed by atoms with Crippen LogP contribution in [-0.4, -0.2) is 41.9 Å². The van der Waals surface area contributed by atoms with Crippen molar-refractivity contribution in [2.75, 3.05) is 18.4 Å². The van der Waals surface area contributed by atoms with Crippen LogP contribution >= 0.6 is 0 Å². The topological polar surface area (TPSA) is 105 Å². The molecule has 0 bridgehead atoms. The predicted molar refractivity (Wildman–Crippen MR) is 112 cm³/mol. The maximum absolute atomic E-state index is 12.9. The van der Waals surface area contributed by atoms with E-state index in [1.807, 2.05) is 0 Å². The van der Waals surface area contributed by atoms with E-state index in [0.717, 1.165) is 51.4 Å². The van der Waals surface area contributed by atoms with E-state index in [2.05, 4.69) is 15.5 Å². The van der Waals surface area contributed by atoms with Crippen LogP contribution in [-0.2, 0) is 10.0 Å². The molecule has 1 saturated heterocycles. The average Bonchev–Trinajstić information content (AvgIpc) is 3.05. The van der Waals surface area contributed by atoms with Crippen LogP contribution in [0.1, 0.15) is 80.0 Å². The van der Waals surface area contributed by atoms with Gasteiger partial charge in [-0.2, -0.15) is 4.31 Å². The first-order valence-corrected chi connectivity index (χ1v) is 12.2. The minimum absolute atomic E-state index is 0.0711. The summed E-state index contributed by atoms with van der Waals surface area (Å²) in [5.74, 6) is 0.428. The van der Waals surface area contributed by atoms with E-state index in [1.165, 1.54) is 30.7 Å². The lowest BCUT2D eigenvalue weighted by Crippen LogP contribution is -2.31. The zero-order valence-electron chi connectivity index (χ0n) is 17.0. The summed E-state index contributed by atoms with van der Waals surface area (Å²) in [5, 5.41) is 10.6. The van der Waals surface area contributed by atoms with Crippen LogP contribution in [0, 0.1) is 0 Å². The van der Waals surface area contributed by atoms with Gasteiger partial charge in [-0.15, -0.1) is 5.10 Å². The largest absolute Gasteiger partial charge is 0.408 e. The molecule has 30 heavy (non-hydrogen) atoms. The zero-order chi connectivity index (χ0) is 21.0. The number of hydrogen-bond acceptors (Lipinski definition) is 6. The molecular formula is C21H28N4O4S. The molecule has 1 aliphatic carbocycles. The highest BCUT2D eigenvalue weighted by Crippen LogP contribution is 2.32. The van der Waals surface area contributed by atoms with Crippen LogP contribution in [0.2, 0.25) is 0 Å². The maximum atomic E-state index is 12.9. The van der Waals surface area contributed by atoms with Gasteiger partial charge in [-0.1, -0.05) is 37.2 Å². The first-order chi connectivity index (χ1) is 14.5. The summed E-state index contributed by atoms with van der Waals surface area (Å²) in [6.07, 6.45) is 9.48. The molecule has 0 unspecified atom stereocenters. The second-order valence-electron chi connectivity index (χ2n) is 8.08. The number of carbonyl (C=O) groups is 1. The Morgan fingerprint density at radius 2 is 1.57 bits per heavy atom. The second-order valence-corrected chi connectivity index (χ2v) is 10.0. The highest BCUT2D eigenvalue weighted by Gasteiger charge is 2.26. The molecule has 9 heteroatoms. The molecule has 4 rings (SSSR count). The lowest BCUT2D eigenvalue weighted by atomic mass is 9.89. The number of hydrogen-bond donors (Lipinski definition) is 1. The SMILES string of the molecule is O=C(Nc1nnc(C2CCCCC2)o1)c1ccc(S(=O)(=O)N2CCCCCC2)cc1. The Kier molecular flexibility index (Phi) is 6.48. The highest BCUT2D eigenvalue weighted by molar-refractivity contribution is 7.89. The molecule has 2 aliphatic rings. The summed E-state index contributed by atoms with van der Waals surface area (Å²) in [6, 6.07) is 6.06. The molecule has 0 radical (unpaired) electrons. The Labute approximate surface area is 177 Å². The van der Waals surface area contributed by atoms with Crippen LogP contribution in [0.5, 0.6) is 0 Å². The third-order valence-electron chi connectivity index (χ3n) is 5.93. The van der Waals surface area contributed by atoms with Gasteiger partial charge in [-0.3, -0.25) is 10.1 Å². The summed E-state index contributed by atoms with van der Waals surface area (Å²) in [4.78, 5) is 12.7. The third-order valence-corrected chi connectivity index (χ3v) is 7.85. The minimum Gasteiger partial charge on any atom is -0.408 e. The van der Waals surface area contributed by atoms with Gasteiger partial charge >= 0.3 is 6.01 Å². The van der Waals surface area contributed by atoms with Gasteiger partial charge in [0.15, 0.2) is 0 Å². The van der Waals surface area contributed by atoms with E-state index in [-0.39, 0.29) is 16.8 Å². The first kappa shape index (κ1) is 21.0. The van der Waals surface area contributed by atoms with Crippen molar-refractivity contribution in [3.63, 3.8) is 0 Å². The Bertz CT molecular complexity index is 957. The van der Waals surface area contributed by atoms with Crippen molar-refractivity contribution in [1.29, 1.82) is 0 Å². The van der Waals surface area contributed by atoms with Gasteiger partial charge in [-0.05, 0) is 49.9 Å². The molecule has 162 valence electrons. The quantitative estimate of drug-likeness (QED) is 0.767. The average molecular weight is 433 g/mol. The molecule has 1 saturated carbocycles. The Morgan fingerprint density at radius 1 is 0.933 bits per heavy atom. The van der Waals surface area contributed by atoms with E-state index in [0.29, 0.717) is 24.5 Å². The van der Waals surface area contributed by atoms with Crippen LogP contribution in [0.3, 0.4) is 0 Å². The number of nitrogens with zero attached hydrogens (tertiary/aromatic N) is 3. The number of amides is 1. The van der Waals surface area contributed by atoms with Gasteiger partial charge < -0.3 is 4.42 Å². The molecular weight excluding hydrogens is 404 g/mol. The van der Waals surface area contributed by atoms with Gasteiger partial charge in [0, 0.05) is 24.6 Å². The number of carbonyl (C=O) groups excluding carboxylic acids is 1. The number of benzene rings is 1. The lowest BCUT2D eigenvalue weighted by Gasteiger charge is -2.20. The van der Waals surface area contributed by atoms with Gasteiger partial charge in [0.1, 0.15) is 0 Å². The van der Waals surface area contributed by atoms with Crippen molar-refractivity contribution in [2.45, 2.75) is 68.6 Å². The molecule has 2 fully saturated rings. The molecule has 2 heterocycles. The number of rotatable bonds is 5. The Morgan fingerprint density at radius 3 is 2.23 bits per heavy atom. The van der Waals surface area contributed by atoms with E-state index in [9.17, 15) is 13.2 Å². The van der Waals surface area contributed by atoms with E-state index in [4.69, 9.17) is 4.42 Å². The smallest absolute Gasteiger partial charge is 0.322 e. The molecule has 1 aliphatic heterocycles. The zero-order valence-corrected chi connectivity index (χ0v) is 17.9. The van der Waals surface area contributed by atoms with Gasteiger partial charge in [-0.25, -0.2) is 8.42 Å². The third kappa shape index (κ3) is 4.73. The number of sulfonamides is 1. The van der Waals surface area contributed by atoms with Crippen LogP contribution in [0.4, 0.5) is 6.01 Å².